The summed E-state index contributed by atoms with van der Waals surface area (Å²) in [6, 6.07) is 8.97. The summed E-state index contributed by atoms with van der Waals surface area (Å²) in [5.41, 5.74) is -4.12. The second-order valence-corrected chi connectivity index (χ2v) is 11.9. The van der Waals surface area contributed by atoms with Gasteiger partial charge in [0.1, 0.15) is 5.69 Å². The molecule has 4 rings (SSSR count). The first-order valence-electron chi connectivity index (χ1n) is 12.7. The van der Waals surface area contributed by atoms with Gasteiger partial charge in [-0.3, -0.25) is 9.59 Å². The first kappa shape index (κ1) is 29.0. The van der Waals surface area contributed by atoms with Crippen molar-refractivity contribution in [2.24, 2.45) is 5.92 Å². The maximum absolute atomic E-state index is 13.8. The van der Waals surface area contributed by atoms with Crippen molar-refractivity contribution in [3.8, 4) is 10.4 Å². The molecule has 39 heavy (non-hydrogen) atoms. The standard InChI is InChI=1S/C28H32F3N3O4S/c1-16-11-13-34(14-12-16)25(36)21-22(39-24(33-21)23(35)32-15-26(2,3)37)19-9-10-20(27(4,38)28(29,30)31)18-8-6-5-7-17(18)19/h5-10,16,37-38H,11-15H2,1-4H3,(H,32,35). The molecule has 3 N–H and O–H groups in total. The molecule has 1 fully saturated rings. The summed E-state index contributed by atoms with van der Waals surface area (Å²) in [4.78, 5) is 33.0. The van der Waals surface area contributed by atoms with Gasteiger partial charge in [0.15, 0.2) is 10.6 Å². The highest BCUT2D eigenvalue weighted by molar-refractivity contribution is 7.17. The quantitative estimate of drug-likeness (QED) is 0.387. The Kier molecular flexibility index (Phi) is 7.81. The number of benzene rings is 2. The maximum Gasteiger partial charge on any atom is 0.421 e. The van der Waals surface area contributed by atoms with Gasteiger partial charge in [-0.15, -0.1) is 11.3 Å². The zero-order chi connectivity index (χ0) is 28.8. The lowest BCUT2D eigenvalue weighted by molar-refractivity contribution is -0.258. The molecule has 1 aliphatic rings. The topological polar surface area (TPSA) is 103 Å². The minimum absolute atomic E-state index is 0.00146. The zero-order valence-electron chi connectivity index (χ0n) is 22.2. The Balaban J connectivity index is 1.86. The van der Waals surface area contributed by atoms with Crippen molar-refractivity contribution in [1.29, 1.82) is 0 Å². The number of nitrogens with zero attached hydrogens (tertiary/aromatic N) is 2. The Morgan fingerprint density at radius 3 is 2.26 bits per heavy atom. The molecule has 0 spiro atoms. The number of piperidine rings is 1. The van der Waals surface area contributed by atoms with E-state index < -0.39 is 23.3 Å². The third-order valence-electron chi connectivity index (χ3n) is 7.02. The van der Waals surface area contributed by atoms with E-state index in [2.05, 4.69) is 17.2 Å². The number of hydrogen-bond acceptors (Lipinski definition) is 6. The fourth-order valence-electron chi connectivity index (χ4n) is 4.55. The third kappa shape index (κ3) is 5.95. The van der Waals surface area contributed by atoms with Crippen LogP contribution >= 0.6 is 11.3 Å². The minimum Gasteiger partial charge on any atom is -0.389 e. The number of carbonyl (C=O) groups is 2. The average molecular weight is 564 g/mol. The molecular formula is C28H32F3N3O4S. The number of likely N-dealkylation sites (tertiary alicyclic amines) is 1. The molecule has 11 heteroatoms. The molecule has 0 aliphatic carbocycles. The van der Waals surface area contributed by atoms with Crippen LogP contribution in [0.1, 0.15) is 66.4 Å². The van der Waals surface area contributed by atoms with Crippen molar-refractivity contribution in [2.45, 2.75) is 57.9 Å². The summed E-state index contributed by atoms with van der Waals surface area (Å²) < 4.78 is 41.3. The van der Waals surface area contributed by atoms with Gasteiger partial charge in [0.05, 0.1) is 10.5 Å². The van der Waals surface area contributed by atoms with Crippen LogP contribution in [0.4, 0.5) is 13.2 Å². The molecule has 2 amide bonds. The monoisotopic (exact) mass is 563 g/mol. The molecule has 0 saturated carbocycles. The van der Waals surface area contributed by atoms with Crippen molar-refractivity contribution < 1.29 is 33.0 Å². The van der Waals surface area contributed by atoms with E-state index in [0.717, 1.165) is 24.2 Å². The Morgan fingerprint density at radius 1 is 1.05 bits per heavy atom. The van der Waals surface area contributed by atoms with Gasteiger partial charge >= 0.3 is 6.18 Å². The molecule has 1 atom stereocenters. The van der Waals surface area contributed by atoms with Gasteiger partial charge in [0.2, 0.25) is 0 Å². The van der Waals surface area contributed by atoms with Crippen LogP contribution in [0.25, 0.3) is 21.2 Å². The van der Waals surface area contributed by atoms with Crippen molar-refractivity contribution in [1.82, 2.24) is 15.2 Å². The van der Waals surface area contributed by atoms with Crippen LogP contribution in [0.15, 0.2) is 36.4 Å². The Morgan fingerprint density at radius 2 is 1.67 bits per heavy atom. The lowest BCUT2D eigenvalue weighted by atomic mass is 9.88. The maximum atomic E-state index is 13.8. The second kappa shape index (κ2) is 10.5. The predicted octanol–water partition coefficient (Wildman–Crippen LogP) is 5.11. The van der Waals surface area contributed by atoms with E-state index in [1.807, 2.05) is 0 Å². The summed E-state index contributed by atoms with van der Waals surface area (Å²) >= 11 is 0.961. The van der Waals surface area contributed by atoms with E-state index >= 15 is 0 Å². The summed E-state index contributed by atoms with van der Waals surface area (Å²) in [5.74, 6) is -0.453. The largest absolute Gasteiger partial charge is 0.421 e. The van der Waals surface area contributed by atoms with E-state index in [4.69, 9.17) is 0 Å². The first-order chi connectivity index (χ1) is 18.1. The van der Waals surface area contributed by atoms with Gasteiger partial charge in [0, 0.05) is 30.8 Å². The number of fused-ring (bicyclic) bond motifs is 1. The summed E-state index contributed by atoms with van der Waals surface area (Å²) in [5, 5.41) is 23.6. The fourth-order valence-corrected chi connectivity index (χ4v) is 5.57. The molecule has 2 aromatic carbocycles. The van der Waals surface area contributed by atoms with Crippen molar-refractivity contribution >= 4 is 33.9 Å². The van der Waals surface area contributed by atoms with Gasteiger partial charge in [-0.05, 0) is 50.3 Å². The number of carbonyl (C=O) groups excluding carboxylic acids is 2. The van der Waals surface area contributed by atoms with Crippen molar-refractivity contribution in [2.75, 3.05) is 19.6 Å². The van der Waals surface area contributed by atoms with Crippen LogP contribution in [-0.2, 0) is 5.60 Å². The first-order valence-corrected chi connectivity index (χ1v) is 13.5. The van der Waals surface area contributed by atoms with Crippen LogP contribution in [0.5, 0.6) is 0 Å². The van der Waals surface area contributed by atoms with Crippen LogP contribution in [-0.4, -0.2) is 63.3 Å². The number of aromatic nitrogens is 1. The highest BCUT2D eigenvalue weighted by atomic mass is 32.1. The molecule has 3 aromatic rings. The number of hydrogen-bond donors (Lipinski definition) is 3. The lowest BCUT2D eigenvalue weighted by Gasteiger charge is -2.30. The van der Waals surface area contributed by atoms with E-state index in [9.17, 15) is 33.0 Å². The molecule has 1 unspecified atom stereocenters. The normalized spacial score (nSPS) is 16.8. The summed E-state index contributed by atoms with van der Waals surface area (Å²) in [6.07, 6.45) is -3.26. The molecule has 7 nitrogen and oxygen atoms in total. The van der Waals surface area contributed by atoms with E-state index in [1.54, 1.807) is 23.1 Å². The molecular weight excluding hydrogens is 531 g/mol. The lowest BCUT2D eigenvalue weighted by Crippen LogP contribution is -2.39. The Hall–Kier alpha value is -3.02. The van der Waals surface area contributed by atoms with Crippen molar-refractivity contribution in [3.05, 3.63) is 52.7 Å². The van der Waals surface area contributed by atoms with E-state index in [-0.39, 0.29) is 34.1 Å². The Labute approximate surface area is 228 Å². The van der Waals surface area contributed by atoms with Gasteiger partial charge in [0.25, 0.3) is 11.8 Å². The van der Waals surface area contributed by atoms with E-state index in [0.29, 0.717) is 41.8 Å². The number of thiazole rings is 1. The average Bonchev–Trinajstić information content (AvgIpc) is 3.31. The van der Waals surface area contributed by atoms with Gasteiger partial charge in [-0.1, -0.05) is 43.3 Å². The molecule has 1 aliphatic heterocycles. The predicted molar refractivity (Wildman–Crippen MR) is 144 cm³/mol. The molecule has 1 saturated heterocycles. The SMILES string of the molecule is CC1CCN(C(=O)c2nc(C(=O)NCC(C)(C)O)sc2-c2ccc(C(C)(O)C(F)(F)F)c3ccccc23)CC1. The highest BCUT2D eigenvalue weighted by Crippen LogP contribution is 2.44. The Bertz CT molecular complexity index is 1390. The molecule has 1 aromatic heterocycles. The van der Waals surface area contributed by atoms with Crippen LogP contribution in [0, 0.1) is 5.92 Å². The molecule has 0 radical (unpaired) electrons. The minimum atomic E-state index is -4.92. The van der Waals surface area contributed by atoms with Crippen LogP contribution in [0.2, 0.25) is 0 Å². The number of alkyl halides is 3. The van der Waals surface area contributed by atoms with E-state index in [1.165, 1.54) is 32.0 Å². The van der Waals surface area contributed by atoms with Crippen LogP contribution in [0.3, 0.4) is 0 Å². The number of aliphatic hydroxyl groups is 2. The third-order valence-corrected chi connectivity index (χ3v) is 8.11. The number of rotatable bonds is 6. The second-order valence-electron chi connectivity index (χ2n) is 10.9. The van der Waals surface area contributed by atoms with Crippen molar-refractivity contribution in [3.63, 3.8) is 0 Å². The molecule has 2 heterocycles. The number of amides is 2. The smallest absolute Gasteiger partial charge is 0.389 e. The summed E-state index contributed by atoms with van der Waals surface area (Å²) in [6.45, 7) is 6.92. The fraction of sp³-hybridized carbons (Fsp3) is 0.464. The van der Waals surface area contributed by atoms with Gasteiger partial charge in [-0.2, -0.15) is 13.2 Å². The van der Waals surface area contributed by atoms with Gasteiger partial charge in [-0.25, -0.2) is 4.98 Å². The summed E-state index contributed by atoms with van der Waals surface area (Å²) in [7, 11) is 0. The number of nitrogens with one attached hydrogen (secondary N) is 1. The van der Waals surface area contributed by atoms with Crippen LogP contribution < -0.4 is 5.32 Å². The van der Waals surface area contributed by atoms with Gasteiger partial charge < -0.3 is 20.4 Å². The molecule has 0 bridgehead atoms. The highest BCUT2D eigenvalue weighted by Gasteiger charge is 2.52. The zero-order valence-corrected chi connectivity index (χ0v) is 23.0. The molecule has 210 valence electrons. The number of halogens is 3.